The van der Waals surface area contributed by atoms with Crippen molar-refractivity contribution in [3.8, 4) is 0 Å². The first kappa shape index (κ1) is 14.5. The number of hydrogen-bond donors (Lipinski definition) is 0. The summed E-state index contributed by atoms with van der Waals surface area (Å²) in [4.78, 5) is 8.99. The van der Waals surface area contributed by atoms with E-state index < -0.39 is 10.8 Å². The van der Waals surface area contributed by atoms with E-state index in [0.717, 1.165) is 27.4 Å². The molecule has 0 saturated carbocycles. The number of hydrogen-bond acceptors (Lipinski definition) is 3. The number of aliphatic imine (C=N–C) groups is 2. The highest BCUT2D eigenvalue weighted by molar-refractivity contribution is 7.84. The molecule has 1 atom stereocenters. The molecule has 0 spiro atoms. The van der Waals surface area contributed by atoms with Crippen molar-refractivity contribution in [2.75, 3.05) is 13.3 Å². The van der Waals surface area contributed by atoms with Crippen molar-refractivity contribution in [1.29, 1.82) is 0 Å². The average molecular weight is 262 g/mol. The van der Waals surface area contributed by atoms with Crippen LogP contribution in [0.1, 0.15) is 25.0 Å². The molecule has 0 heterocycles. The van der Waals surface area contributed by atoms with E-state index >= 15 is 0 Å². The molecule has 0 bridgehead atoms. The SMILES string of the molecule is C=N/C(=C\C)c1cccc(S(C)=O)c1C(C)=NC. The Morgan fingerprint density at radius 3 is 2.56 bits per heavy atom. The van der Waals surface area contributed by atoms with E-state index in [4.69, 9.17) is 0 Å². The van der Waals surface area contributed by atoms with Crippen molar-refractivity contribution < 1.29 is 4.21 Å². The van der Waals surface area contributed by atoms with Gasteiger partial charge in [-0.2, -0.15) is 0 Å². The number of allylic oxidation sites excluding steroid dienone is 1. The molecule has 1 unspecified atom stereocenters. The van der Waals surface area contributed by atoms with E-state index in [1.54, 1.807) is 13.3 Å². The zero-order chi connectivity index (χ0) is 13.7. The van der Waals surface area contributed by atoms with Crippen LogP contribution in [0.15, 0.2) is 39.2 Å². The molecule has 0 fully saturated rings. The number of nitrogens with zero attached hydrogens (tertiary/aromatic N) is 2. The standard InChI is InChI=1S/C14H18N2OS/c1-6-12(16-4)11-8-7-9-13(18(5)17)14(11)10(2)15-3/h6-9H,4H2,1-3,5H3/b12-6-,15-10?. The van der Waals surface area contributed by atoms with Gasteiger partial charge in [-0.1, -0.05) is 18.2 Å². The Morgan fingerprint density at radius 2 is 2.11 bits per heavy atom. The maximum atomic E-state index is 11.8. The maximum Gasteiger partial charge on any atom is 0.0659 e. The molecule has 0 aliphatic rings. The Labute approximate surface area is 111 Å². The molecule has 3 nitrogen and oxygen atoms in total. The second-order valence-electron chi connectivity index (χ2n) is 3.77. The van der Waals surface area contributed by atoms with E-state index in [2.05, 4.69) is 16.7 Å². The Bertz CT molecular complexity index is 545. The van der Waals surface area contributed by atoms with Gasteiger partial charge in [0.25, 0.3) is 0 Å². The summed E-state index contributed by atoms with van der Waals surface area (Å²) >= 11 is 0. The highest BCUT2D eigenvalue weighted by Gasteiger charge is 2.15. The van der Waals surface area contributed by atoms with Crippen LogP contribution < -0.4 is 0 Å². The highest BCUT2D eigenvalue weighted by atomic mass is 32.2. The van der Waals surface area contributed by atoms with E-state index in [1.807, 2.05) is 38.1 Å². The van der Waals surface area contributed by atoms with Crippen molar-refractivity contribution in [2.24, 2.45) is 9.98 Å². The summed E-state index contributed by atoms with van der Waals surface area (Å²) in [6.45, 7) is 7.39. The third-order valence-corrected chi connectivity index (χ3v) is 3.71. The zero-order valence-electron chi connectivity index (χ0n) is 11.2. The fourth-order valence-corrected chi connectivity index (χ4v) is 2.62. The van der Waals surface area contributed by atoms with Gasteiger partial charge in [-0.25, -0.2) is 0 Å². The molecule has 0 aliphatic carbocycles. The first-order valence-corrected chi connectivity index (χ1v) is 7.16. The minimum absolute atomic E-state index is 0.776. The topological polar surface area (TPSA) is 41.8 Å². The van der Waals surface area contributed by atoms with Gasteiger partial charge in [0, 0.05) is 35.0 Å². The lowest BCUT2D eigenvalue weighted by Gasteiger charge is -2.13. The fourth-order valence-electron chi connectivity index (χ4n) is 1.80. The summed E-state index contributed by atoms with van der Waals surface area (Å²) in [5.74, 6) is 0. The molecule has 0 aliphatic heterocycles. The summed E-state index contributed by atoms with van der Waals surface area (Å²) in [5, 5.41) is 0. The second-order valence-corrected chi connectivity index (χ2v) is 5.12. The van der Waals surface area contributed by atoms with Gasteiger partial charge in [0.2, 0.25) is 0 Å². The minimum Gasteiger partial charge on any atom is -0.293 e. The summed E-state index contributed by atoms with van der Waals surface area (Å²) in [7, 11) is 0.664. The Kier molecular flexibility index (Phi) is 5.16. The molecule has 0 aromatic heterocycles. The van der Waals surface area contributed by atoms with Crippen LogP contribution in [-0.4, -0.2) is 29.9 Å². The van der Waals surface area contributed by atoms with Gasteiger partial charge in [0.15, 0.2) is 0 Å². The zero-order valence-corrected chi connectivity index (χ0v) is 12.0. The van der Waals surface area contributed by atoms with Crippen LogP contribution in [0.25, 0.3) is 5.70 Å². The normalized spacial score (nSPS) is 14.4. The first-order valence-electron chi connectivity index (χ1n) is 5.60. The Morgan fingerprint density at radius 1 is 1.44 bits per heavy atom. The predicted molar refractivity (Wildman–Crippen MR) is 80.1 cm³/mol. The molecular weight excluding hydrogens is 244 g/mol. The van der Waals surface area contributed by atoms with Crippen LogP contribution in [0.5, 0.6) is 0 Å². The van der Waals surface area contributed by atoms with Gasteiger partial charge in [-0.15, -0.1) is 0 Å². The number of benzene rings is 1. The van der Waals surface area contributed by atoms with Crippen LogP contribution in [0.3, 0.4) is 0 Å². The third-order valence-electron chi connectivity index (χ3n) is 2.75. The van der Waals surface area contributed by atoms with Gasteiger partial charge in [-0.3, -0.25) is 14.2 Å². The lowest BCUT2D eigenvalue weighted by atomic mass is 10.0. The molecule has 0 amide bonds. The summed E-state index contributed by atoms with van der Waals surface area (Å²) < 4.78 is 11.8. The van der Waals surface area contributed by atoms with E-state index in [9.17, 15) is 4.21 Å². The van der Waals surface area contributed by atoms with E-state index in [1.165, 1.54) is 0 Å². The van der Waals surface area contributed by atoms with E-state index in [0.29, 0.717) is 0 Å². The monoisotopic (exact) mass is 262 g/mol. The molecule has 0 N–H and O–H groups in total. The van der Waals surface area contributed by atoms with Crippen LogP contribution in [0.4, 0.5) is 0 Å². The molecule has 4 heteroatoms. The van der Waals surface area contributed by atoms with E-state index in [-0.39, 0.29) is 0 Å². The van der Waals surface area contributed by atoms with Crippen molar-refractivity contribution in [1.82, 2.24) is 0 Å². The highest BCUT2D eigenvalue weighted by Crippen LogP contribution is 2.26. The molecule has 18 heavy (non-hydrogen) atoms. The maximum absolute atomic E-state index is 11.8. The first-order chi connectivity index (χ1) is 8.56. The van der Waals surface area contributed by atoms with Gasteiger partial charge >= 0.3 is 0 Å². The average Bonchev–Trinajstić information content (AvgIpc) is 2.38. The summed E-state index contributed by atoms with van der Waals surface area (Å²) in [6.07, 6.45) is 3.55. The molecule has 0 radical (unpaired) electrons. The third kappa shape index (κ3) is 2.82. The predicted octanol–water partition coefficient (Wildman–Crippen LogP) is 2.92. The van der Waals surface area contributed by atoms with Gasteiger partial charge < -0.3 is 0 Å². The summed E-state index contributed by atoms with van der Waals surface area (Å²) in [5.41, 5.74) is 3.43. The Hall–Kier alpha value is -1.55. The molecular formula is C14H18N2OS. The molecule has 1 rings (SSSR count). The fraction of sp³-hybridized carbons (Fsp3) is 0.286. The van der Waals surface area contributed by atoms with Crippen molar-refractivity contribution in [3.63, 3.8) is 0 Å². The van der Waals surface area contributed by atoms with Crippen molar-refractivity contribution in [3.05, 3.63) is 35.4 Å². The molecule has 0 saturated heterocycles. The van der Waals surface area contributed by atoms with Crippen LogP contribution in [0.2, 0.25) is 0 Å². The lowest BCUT2D eigenvalue weighted by Crippen LogP contribution is -2.06. The van der Waals surface area contributed by atoms with Crippen molar-refractivity contribution >= 4 is 28.9 Å². The molecule has 1 aromatic rings. The van der Waals surface area contributed by atoms with Crippen LogP contribution in [0, 0.1) is 0 Å². The molecule has 1 aromatic carbocycles. The van der Waals surface area contributed by atoms with Crippen LogP contribution in [-0.2, 0) is 10.8 Å². The summed E-state index contributed by atoms with van der Waals surface area (Å²) in [6, 6.07) is 5.69. The second kappa shape index (κ2) is 6.40. The smallest absolute Gasteiger partial charge is 0.0659 e. The van der Waals surface area contributed by atoms with Gasteiger partial charge in [-0.05, 0) is 26.6 Å². The van der Waals surface area contributed by atoms with Crippen molar-refractivity contribution in [2.45, 2.75) is 18.7 Å². The molecule has 96 valence electrons. The lowest BCUT2D eigenvalue weighted by molar-refractivity contribution is 0.686. The largest absolute Gasteiger partial charge is 0.293 e. The Balaban J connectivity index is 3.67. The van der Waals surface area contributed by atoms with Gasteiger partial charge in [0.1, 0.15) is 0 Å². The van der Waals surface area contributed by atoms with Crippen LogP contribution >= 0.6 is 0 Å². The quantitative estimate of drug-likeness (QED) is 0.769. The number of rotatable bonds is 4. The van der Waals surface area contributed by atoms with Gasteiger partial charge in [0.05, 0.1) is 16.5 Å². The minimum atomic E-state index is -1.06.